The van der Waals surface area contributed by atoms with Crippen LogP contribution in [0.4, 0.5) is 0 Å². The molecule has 0 saturated heterocycles. The molecular weight excluding hydrogens is 269 g/mol. The summed E-state index contributed by atoms with van der Waals surface area (Å²) in [5.41, 5.74) is 6.36. The van der Waals surface area contributed by atoms with Crippen LogP contribution in [0.2, 0.25) is 10.0 Å². The Morgan fingerprint density at radius 3 is 2.83 bits per heavy atom. The minimum absolute atomic E-state index is 0.547. The van der Waals surface area contributed by atoms with E-state index in [1.54, 1.807) is 12.3 Å². The maximum atomic E-state index is 6.21. The van der Waals surface area contributed by atoms with Gasteiger partial charge in [0.15, 0.2) is 0 Å². The summed E-state index contributed by atoms with van der Waals surface area (Å²) in [6.07, 6.45) is 5.75. The molecule has 0 aliphatic heterocycles. The second-order valence-corrected chi connectivity index (χ2v) is 4.83. The van der Waals surface area contributed by atoms with Gasteiger partial charge in [-0.15, -0.1) is 0 Å². The Morgan fingerprint density at radius 1 is 1.22 bits per heavy atom. The maximum Gasteiger partial charge on any atom is 0.141 e. The highest BCUT2D eigenvalue weighted by atomic mass is 35.5. The van der Waals surface area contributed by atoms with E-state index in [9.17, 15) is 0 Å². The van der Waals surface area contributed by atoms with E-state index >= 15 is 0 Å². The number of nitrogens with zero attached hydrogens (tertiary/aromatic N) is 2. The van der Waals surface area contributed by atoms with Crippen LogP contribution >= 0.6 is 23.2 Å². The predicted molar refractivity (Wildman–Crippen MR) is 76.0 cm³/mol. The lowest BCUT2D eigenvalue weighted by atomic mass is 10.2. The zero-order valence-electron chi connectivity index (χ0n) is 9.94. The molecule has 2 rings (SSSR count). The van der Waals surface area contributed by atoms with Crippen LogP contribution in [0.15, 0.2) is 30.6 Å². The van der Waals surface area contributed by atoms with Crippen LogP contribution in [0.25, 0.3) is 11.4 Å². The number of hydrogen-bond acceptors (Lipinski definition) is 2. The van der Waals surface area contributed by atoms with Crippen molar-refractivity contribution in [2.45, 2.75) is 19.4 Å². The number of aryl methyl sites for hydroxylation is 1. The van der Waals surface area contributed by atoms with Gasteiger partial charge in [0, 0.05) is 24.5 Å². The third-order valence-electron chi connectivity index (χ3n) is 2.76. The number of imidazole rings is 1. The summed E-state index contributed by atoms with van der Waals surface area (Å²) in [5, 5.41) is 1.09. The molecule has 0 radical (unpaired) electrons. The lowest BCUT2D eigenvalue weighted by molar-refractivity contribution is 0.619. The number of rotatable bonds is 5. The SMILES string of the molecule is NCCCCn1ccnc1-c1cccc(Cl)c1Cl. The fourth-order valence-electron chi connectivity index (χ4n) is 1.84. The van der Waals surface area contributed by atoms with E-state index in [2.05, 4.69) is 9.55 Å². The number of hydrogen-bond donors (Lipinski definition) is 1. The van der Waals surface area contributed by atoms with E-state index < -0.39 is 0 Å². The molecule has 0 amide bonds. The lowest BCUT2D eigenvalue weighted by Gasteiger charge is -2.09. The fraction of sp³-hybridized carbons (Fsp3) is 0.308. The van der Waals surface area contributed by atoms with Crippen LogP contribution in [-0.4, -0.2) is 16.1 Å². The van der Waals surface area contributed by atoms with Crippen LogP contribution < -0.4 is 5.73 Å². The summed E-state index contributed by atoms with van der Waals surface area (Å²) in [5.74, 6) is 0.847. The highest BCUT2D eigenvalue weighted by Crippen LogP contribution is 2.32. The van der Waals surface area contributed by atoms with Crippen molar-refractivity contribution in [2.75, 3.05) is 6.54 Å². The van der Waals surface area contributed by atoms with E-state index in [1.807, 2.05) is 18.3 Å². The predicted octanol–water partition coefficient (Wildman–Crippen LogP) is 3.60. The van der Waals surface area contributed by atoms with Gasteiger partial charge < -0.3 is 10.3 Å². The molecule has 2 aromatic rings. The summed E-state index contributed by atoms with van der Waals surface area (Å²) in [4.78, 5) is 4.36. The molecule has 1 heterocycles. The molecule has 18 heavy (non-hydrogen) atoms. The molecule has 96 valence electrons. The molecule has 2 N–H and O–H groups in total. The third-order valence-corrected chi connectivity index (χ3v) is 3.58. The summed E-state index contributed by atoms with van der Waals surface area (Å²) in [6, 6.07) is 5.58. The minimum atomic E-state index is 0.547. The van der Waals surface area contributed by atoms with Gasteiger partial charge >= 0.3 is 0 Å². The Labute approximate surface area is 117 Å². The lowest BCUT2D eigenvalue weighted by Crippen LogP contribution is -2.04. The van der Waals surface area contributed by atoms with E-state index in [4.69, 9.17) is 28.9 Å². The second-order valence-electron chi connectivity index (χ2n) is 4.04. The van der Waals surface area contributed by atoms with E-state index in [1.165, 1.54) is 0 Å². The first-order valence-electron chi connectivity index (χ1n) is 5.89. The molecule has 0 spiro atoms. The van der Waals surface area contributed by atoms with Crippen molar-refractivity contribution < 1.29 is 0 Å². The van der Waals surface area contributed by atoms with Crippen molar-refractivity contribution in [1.29, 1.82) is 0 Å². The van der Waals surface area contributed by atoms with E-state index in [-0.39, 0.29) is 0 Å². The Bertz CT molecular complexity index is 523. The van der Waals surface area contributed by atoms with Gasteiger partial charge in [-0.05, 0) is 31.5 Å². The second kappa shape index (κ2) is 6.23. The number of aromatic nitrogens is 2. The third kappa shape index (κ3) is 2.86. The van der Waals surface area contributed by atoms with Crippen molar-refractivity contribution in [1.82, 2.24) is 9.55 Å². The molecular formula is C13H15Cl2N3. The van der Waals surface area contributed by atoms with Crippen molar-refractivity contribution in [2.24, 2.45) is 5.73 Å². The number of unbranched alkanes of at least 4 members (excludes halogenated alkanes) is 1. The molecule has 5 heteroatoms. The van der Waals surface area contributed by atoms with Crippen LogP contribution in [0.1, 0.15) is 12.8 Å². The highest BCUT2D eigenvalue weighted by Gasteiger charge is 2.11. The largest absolute Gasteiger partial charge is 0.331 e. The summed E-state index contributed by atoms with van der Waals surface area (Å²) >= 11 is 12.2. The van der Waals surface area contributed by atoms with Crippen LogP contribution in [0.3, 0.4) is 0 Å². The van der Waals surface area contributed by atoms with E-state index in [0.717, 1.165) is 30.8 Å². The fourth-order valence-corrected chi connectivity index (χ4v) is 2.22. The highest BCUT2D eigenvalue weighted by molar-refractivity contribution is 6.43. The first-order chi connectivity index (χ1) is 8.74. The van der Waals surface area contributed by atoms with Gasteiger partial charge in [-0.2, -0.15) is 0 Å². The van der Waals surface area contributed by atoms with Crippen LogP contribution in [0, 0.1) is 0 Å². The molecule has 0 bridgehead atoms. The van der Waals surface area contributed by atoms with Gasteiger partial charge in [0.1, 0.15) is 5.82 Å². The Kier molecular flexibility index (Phi) is 4.64. The average Bonchev–Trinajstić information content (AvgIpc) is 2.81. The zero-order chi connectivity index (χ0) is 13.0. The topological polar surface area (TPSA) is 43.8 Å². The quantitative estimate of drug-likeness (QED) is 0.852. The van der Waals surface area contributed by atoms with Gasteiger partial charge in [0.25, 0.3) is 0 Å². The van der Waals surface area contributed by atoms with E-state index in [0.29, 0.717) is 16.6 Å². The Hall–Kier alpha value is -1.03. The first kappa shape index (κ1) is 13.4. The van der Waals surface area contributed by atoms with Gasteiger partial charge in [-0.1, -0.05) is 29.3 Å². The monoisotopic (exact) mass is 283 g/mol. The van der Waals surface area contributed by atoms with Crippen molar-refractivity contribution in [3.05, 3.63) is 40.6 Å². The smallest absolute Gasteiger partial charge is 0.141 e. The Balaban J connectivity index is 2.28. The van der Waals surface area contributed by atoms with Crippen molar-refractivity contribution in [3.8, 4) is 11.4 Å². The summed E-state index contributed by atoms with van der Waals surface area (Å²) in [6.45, 7) is 1.59. The van der Waals surface area contributed by atoms with Gasteiger partial charge in [-0.25, -0.2) is 4.98 Å². The number of halogens is 2. The standard InChI is InChI=1S/C13H15Cl2N3/c14-11-5-3-4-10(12(11)15)13-17-7-9-18(13)8-2-1-6-16/h3-5,7,9H,1-2,6,8,16H2. The summed E-state index contributed by atoms with van der Waals surface area (Å²) < 4.78 is 2.08. The maximum absolute atomic E-state index is 6.21. The van der Waals surface area contributed by atoms with Crippen LogP contribution in [-0.2, 0) is 6.54 Å². The van der Waals surface area contributed by atoms with Crippen LogP contribution in [0.5, 0.6) is 0 Å². The van der Waals surface area contributed by atoms with Gasteiger partial charge in [-0.3, -0.25) is 0 Å². The molecule has 0 aliphatic carbocycles. The first-order valence-corrected chi connectivity index (χ1v) is 6.65. The number of benzene rings is 1. The average molecular weight is 284 g/mol. The number of nitrogens with two attached hydrogens (primary N) is 1. The zero-order valence-corrected chi connectivity index (χ0v) is 11.5. The van der Waals surface area contributed by atoms with Gasteiger partial charge in [0.2, 0.25) is 0 Å². The molecule has 3 nitrogen and oxygen atoms in total. The molecule has 0 unspecified atom stereocenters. The summed E-state index contributed by atoms with van der Waals surface area (Å²) in [7, 11) is 0. The van der Waals surface area contributed by atoms with Crippen molar-refractivity contribution in [3.63, 3.8) is 0 Å². The van der Waals surface area contributed by atoms with Gasteiger partial charge in [0.05, 0.1) is 10.0 Å². The molecule has 0 fully saturated rings. The molecule has 0 atom stereocenters. The normalized spacial score (nSPS) is 10.8. The molecule has 0 aliphatic rings. The molecule has 0 saturated carbocycles. The molecule has 1 aromatic carbocycles. The minimum Gasteiger partial charge on any atom is -0.331 e. The Morgan fingerprint density at radius 2 is 2.06 bits per heavy atom. The molecule has 1 aromatic heterocycles. The van der Waals surface area contributed by atoms with Crippen molar-refractivity contribution >= 4 is 23.2 Å².